The third kappa shape index (κ3) is 5.50. The van der Waals surface area contributed by atoms with Crippen molar-refractivity contribution < 1.29 is 9.53 Å². The molecule has 2 N–H and O–H groups in total. The van der Waals surface area contributed by atoms with E-state index in [0.29, 0.717) is 0 Å². The third-order valence-electron chi connectivity index (χ3n) is 3.72. The molecule has 1 saturated heterocycles. The number of piperidine rings is 1. The Balaban J connectivity index is 0.00000242. The van der Waals surface area contributed by atoms with E-state index in [0.717, 1.165) is 37.2 Å². The molecule has 1 aliphatic rings. The highest BCUT2D eigenvalue weighted by atomic mass is 35.5. The summed E-state index contributed by atoms with van der Waals surface area (Å²) in [7, 11) is 0. The Kier molecular flexibility index (Phi) is 7.17. The van der Waals surface area contributed by atoms with Crippen LogP contribution in [0.15, 0.2) is 24.3 Å². The average molecular weight is 327 g/mol. The monoisotopic (exact) mass is 326 g/mol. The molecule has 1 aromatic carbocycles. The minimum Gasteiger partial charge on any atom is -0.483 e. The van der Waals surface area contributed by atoms with Crippen molar-refractivity contribution in [3.05, 3.63) is 29.8 Å². The molecule has 0 aliphatic carbocycles. The molecule has 1 aromatic rings. The molecule has 1 atom stereocenters. The maximum Gasteiger partial charge on any atom is 0.258 e. The number of carbonyl (C=O) groups is 1. The summed E-state index contributed by atoms with van der Waals surface area (Å²) in [5, 5.41) is 6.31. The highest BCUT2D eigenvalue weighted by molar-refractivity contribution is 5.85. The smallest absolute Gasteiger partial charge is 0.258 e. The van der Waals surface area contributed by atoms with Gasteiger partial charge in [-0.05, 0) is 36.4 Å². The standard InChI is InChI=1S/C17H26N2O2.ClH/c1-17(2,3)14-8-4-5-9-15(14)21-12-16(20)19-13-7-6-10-18-11-13;/h4-5,8-9,13,18H,6-7,10-12H2,1-3H3,(H,19,20);1H. The first kappa shape index (κ1) is 18.8. The molecule has 1 aliphatic heterocycles. The summed E-state index contributed by atoms with van der Waals surface area (Å²) < 4.78 is 5.73. The lowest BCUT2D eigenvalue weighted by Crippen LogP contribution is -2.47. The van der Waals surface area contributed by atoms with E-state index in [9.17, 15) is 4.79 Å². The maximum absolute atomic E-state index is 12.0. The van der Waals surface area contributed by atoms with Crippen LogP contribution in [-0.4, -0.2) is 31.6 Å². The molecule has 5 heteroatoms. The summed E-state index contributed by atoms with van der Waals surface area (Å²) >= 11 is 0. The molecular weight excluding hydrogens is 300 g/mol. The van der Waals surface area contributed by atoms with Gasteiger partial charge in [0.05, 0.1) is 0 Å². The average Bonchev–Trinajstić information content (AvgIpc) is 2.45. The summed E-state index contributed by atoms with van der Waals surface area (Å²) in [6.07, 6.45) is 2.15. The van der Waals surface area contributed by atoms with Crippen molar-refractivity contribution >= 4 is 18.3 Å². The van der Waals surface area contributed by atoms with E-state index < -0.39 is 0 Å². The molecule has 1 fully saturated rings. The zero-order valence-electron chi connectivity index (χ0n) is 13.6. The molecule has 0 spiro atoms. The van der Waals surface area contributed by atoms with Crippen molar-refractivity contribution in [2.45, 2.75) is 45.1 Å². The molecule has 4 nitrogen and oxygen atoms in total. The van der Waals surface area contributed by atoms with E-state index in [1.165, 1.54) is 0 Å². The summed E-state index contributed by atoms with van der Waals surface area (Å²) in [6.45, 7) is 8.39. The Morgan fingerprint density at radius 3 is 2.73 bits per heavy atom. The van der Waals surface area contributed by atoms with Gasteiger partial charge in [0.1, 0.15) is 5.75 Å². The molecule has 1 heterocycles. The van der Waals surface area contributed by atoms with Gasteiger partial charge in [0.25, 0.3) is 5.91 Å². The molecule has 0 saturated carbocycles. The minimum atomic E-state index is -0.0487. The van der Waals surface area contributed by atoms with E-state index >= 15 is 0 Å². The van der Waals surface area contributed by atoms with E-state index in [1.54, 1.807) is 0 Å². The Morgan fingerprint density at radius 2 is 2.09 bits per heavy atom. The van der Waals surface area contributed by atoms with Crippen LogP contribution in [0, 0.1) is 0 Å². The number of hydrogen-bond donors (Lipinski definition) is 2. The molecule has 124 valence electrons. The Labute approximate surface area is 139 Å². The summed E-state index contributed by atoms with van der Waals surface area (Å²) in [4.78, 5) is 12.0. The lowest BCUT2D eigenvalue weighted by Gasteiger charge is -2.25. The number of nitrogens with one attached hydrogen (secondary N) is 2. The van der Waals surface area contributed by atoms with Crippen LogP contribution in [-0.2, 0) is 10.2 Å². The largest absolute Gasteiger partial charge is 0.483 e. The molecule has 0 bridgehead atoms. The Morgan fingerprint density at radius 1 is 1.36 bits per heavy atom. The summed E-state index contributed by atoms with van der Waals surface area (Å²) in [5.74, 6) is 0.745. The molecule has 0 radical (unpaired) electrons. The van der Waals surface area contributed by atoms with E-state index in [-0.39, 0.29) is 36.4 Å². The fraction of sp³-hybridized carbons (Fsp3) is 0.588. The number of halogens is 1. The van der Waals surface area contributed by atoms with Crippen molar-refractivity contribution in [1.82, 2.24) is 10.6 Å². The van der Waals surface area contributed by atoms with Crippen LogP contribution in [0.1, 0.15) is 39.2 Å². The predicted octanol–water partition coefficient (Wildman–Crippen LogP) is 2.65. The minimum absolute atomic E-state index is 0. The molecule has 1 unspecified atom stereocenters. The normalized spacial score (nSPS) is 18.2. The summed E-state index contributed by atoms with van der Waals surface area (Å²) in [5.41, 5.74) is 1.12. The lowest BCUT2D eigenvalue weighted by atomic mass is 9.86. The number of carbonyl (C=O) groups excluding carboxylic acids is 1. The van der Waals surface area contributed by atoms with Gasteiger partial charge in [0.15, 0.2) is 6.61 Å². The van der Waals surface area contributed by atoms with Gasteiger partial charge in [0, 0.05) is 12.6 Å². The number of rotatable bonds is 4. The topological polar surface area (TPSA) is 50.4 Å². The molecule has 22 heavy (non-hydrogen) atoms. The fourth-order valence-electron chi connectivity index (χ4n) is 2.60. The number of ether oxygens (including phenoxy) is 1. The van der Waals surface area contributed by atoms with Gasteiger partial charge < -0.3 is 15.4 Å². The highest BCUT2D eigenvalue weighted by Gasteiger charge is 2.20. The molecule has 2 rings (SSSR count). The van der Waals surface area contributed by atoms with Crippen molar-refractivity contribution in [2.75, 3.05) is 19.7 Å². The van der Waals surface area contributed by atoms with Crippen LogP contribution in [0.4, 0.5) is 0 Å². The molecule has 1 amide bonds. The van der Waals surface area contributed by atoms with Crippen LogP contribution >= 0.6 is 12.4 Å². The zero-order chi connectivity index (χ0) is 15.3. The van der Waals surface area contributed by atoms with Crippen LogP contribution < -0.4 is 15.4 Å². The van der Waals surface area contributed by atoms with Gasteiger partial charge in [-0.25, -0.2) is 0 Å². The van der Waals surface area contributed by atoms with Gasteiger partial charge in [-0.3, -0.25) is 4.79 Å². The fourth-order valence-corrected chi connectivity index (χ4v) is 2.60. The first-order valence-electron chi connectivity index (χ1n) is 7.69. The number of benzene rings is 1. The second-order valence-corrected chi connectivity index (χ2v) is 6.65. The van der Waals surface area contributed by atoms with Crippen molar-refractivity contribution in [2.24, 2.45) is 0 Å². The van der Waals surface area contributed by atoms with Crippen LogP contribution in [0.2, 0.25) is 0 Å². The SMILES string of the molecule is CC(C)(C)c1ccccc1OCC(=O)NC1CCCNC1.Cl. The predicted molar refractivity (Wildman–Crippen MR) is 91.9 cm³/mol. The first-order chi connectivity index (χ1) is 9.97. The summed E-state index contributed by atoms with van der Waals surface area (Å²) in [6, 6.07) is 8.15. The van der Waals surface area contributed by atoms with Crippen LogP contribution in [0.5, 0.6) is 5.75 Å². The quantitative estimate of drug-likeness (QED) is 0.894. The molecular formula is C17H27ClN2O2. The Hall–Kier alpha value is -1.26. The Bertz CT molecular complexity index is 480. The van der Waals surface area contributed by atoms with Crippen molar-refractivity contribution in [3.63, 3.8) is 0 Å². The second-order valence-electron chi connectivity index (χ2n) is 6.65. The van der Waals surface area contributed by atoms with Gasteiger partial charge >= 0.3 is 0 Å². The first-order valence-corrected chi connectivity index (χ1v) is 7.69. The second kappa shape index (κ2) is 8.39. The van der Waals surface area contributed by atoms with Gasteiger partial charge in [-0.1, -0.05) is 39.0 Å². The van der Waals surface area contributed by atoms with Crippen LogP contribution in [0.25, 0.3) is 0 Å². The molecule has 0 aromatic heterocycles. The number of hydrogen-bond acceptors (Lipinski definition) is 3. The number of amides is 1. The van der Waals surface area contributed by atoms with Gasteiger partial charge in [-0.15, -0.1) is 12.4 Å². The van der Waals surface area contributed by atoms with Crippen LogP contribution in [0.3, 0.4) is 0 Å². The highest BCUT2D eigenvalue weighted by Crippen LogP contribution is 2.30. The zero-order valence-corrected chi connectivity index (χ0v) is 14.5. The number of para-hydroxylation sites is 1. The maximum atomic E-state index is 12.0. The van der Waals surface area contributed by atoms with E-state index in [2.05, 4.69) is 37.5 Å². The van der Waals surface area contributed by atoms with E-state index in [1.807, 2.05) is 18.2 Å². The van der Waals surface area contributed by atoms with Gasteiger partial charge in [-0.2, -0.15) is 0 Å². The van der Waals surface area contributed by atoms with Gasteiger partial charge in [0.2, 0.25) is 0 Å². The third-order valence-corrected chi connectivity index (χ3v) is 3.72. The van der Waals surface area contributed by atoms with Crippen molar-refractivity contribution in [3.8, 4) is 5.75 Å². The lowest BCUT2D eigenvalue weighted by molar-refractivity contribution is -0.123. The van der Waals surface area contributed by atoms with Crippen molar-refractivity contribution in [1.29, 1.82) is 0 Å². The van der Waals surface area contributed by atoms with E-state index in [4.69, 9.17) is 4.74 Å².